The predicted octanol–water partition coefficient (Wildman–Crippen LogP) is 4.82. The number of carbonyl (C=O) groups excluding carboxylic acids is 1. The van der Waals surface area contributed by atoms with Crippen LogP contribution in [0, 0.1) is 5.82 Å². The molecule has 7 heteroatoms. The van der Waals surface area contributed by atoms with E-state index in [1.165, 1.54) is 16.9 Å². The number of amides is 1. The summed E-state index contributed by atoms with van der Waals surface area (Å²) < 4.78 is 18.2. The van der Waals surface area contributed by atoms with Crippen LogP contribution in [0.5, 0.6) is 0 Å². The molecule has 4 aromatic rings. The summed E-state index contributed by atoms with van der Waals surface area (Å²) in [5, 5.41) is 7.13. The summed E-state index contributed by atoms with van der Waals surface area (Å²) in [6.45, 7) is 0. The first kappa shape index (κ1) is 17.2. The van der Waals surface area contributed by atoms with Crippen LogP contribution in [0.1, 0.15) is 10.4 Å². The Morgan fingerprint density at radius 2 is 1.70 bits per heavy atom. The smallest absolute Gasteiger partial charge is 0.261 e. The fourth-order valence-electron chi connectivity index (χ4n) is 2.78. The van der Waals surface area contributed by atoms with Crippen LogP contribution in [0.4, 0.5) is 10.1 Å². The number of aromatic nitrogens is 3. The van der Waals surface area contributed by atoms with E-state index >= 15 is 0 Å². The van der Waals surface area contributed by atoms with Crippen LogP contribution < -0.4 is 5.32 Å². The van der Waals surface area contributed by atoms with E-state index in [0.29, 0.717) is 17.1 Å². The largest absolute Gasteiger partial charge is 0.321 e. The summed E-state index contributed by atoms with van der Waals surface area (Å²) in [5.74, 6) is -0.311. The van der Waals surface area contributed by atoms with Gasteiger partial charge >= 0.3 is 0 Å². The van der Waals surface area contributed by atoms with Crippen LogP contribution in [0.15, 0.2) is 83.7 Å². The molecule has 0 aliphatic heterocycles. The molecule has 2 aromatic heterocycles. The van der Waals surface area contributed by atoms with Gasteiger partial charge in [-0.05, 0) is 52.3 Å². The minimum atomic E-state index is -0.424. The van der Waals surface area contributed by atoms with Gasteiger partial charge in [-0.2, -0.15) is 5.10 Å². The first-order valence-electron chi connectivity index (χ1n) is 8.17. The second-order valence-electron chi connectivity index (χ2n) is 5.77. The standard InChI is InChI=1S/C20H14BrFN4O/c21-15-7-1-3-9-17(15)24-19(27)14-13-23-26(18-10-4-2-8-16(18)22)20(14)25-11-5-6-12-25/h1-13H,(H,24,27). The molecular formula is C20H14BrFN4O. The molecule has 2 aromatic carbocycles. The van der Waals surface area contributed by atoms with Crippen molar-refractivity contribution in [3.63, 3.8) is 0 Å². The third-order valence-electron chi connectivity index (χ3n) is 4.04. The monoisotopic (exact) mass is 424 g/mol. The Kier molecular flexibility index (Phi) is 4.60. The second kappa shape index (κ2) is 7.20. The molecule has 5 nitrogen and oxygen atoms in total. The zero-order valence-electron chi connectivity index (χ0n) is 14.0. The minimum absolute atomic E-state index is 0.265. The summed E-state index contributed by atoms with van der Waals surface area (Å²) in [6, 6.07) is 17.3. The summed E-state index contributed by atoms with van der Waals surface area (Å²) in [7, 11) is 0. The molecular weight excluding hydrogens is 411 g/mol. The van der Waals surface area contributed by atoms with E-state index in [-0.39, 0.29) is 11.6 Å². The molecule has 0 aliphatic carbocycles. The molecule has 2 heterocycles. The number of hydrogen-bond acceptors (Lipinski definition) is 2. The lowest BCUT2D eigenvalue weighted by Gasteiger charge is -2.12. The van der Waals surface area contributed by atoms with E-state index < -0.39 is 5.82 Å². The van der Waals surface area contributed by atoms with E-state index in [4.69, 9.17) is 0 Å². The van der Waals surface area contributed by atoms with Gasteiger partial charge in [0.25, 0.3) is 5.91 Å². The molecule has 1 N–H and O–H groups in total. The lowest BCUT2D eigenvalue weighted by atomic mass is 10.2. The number of hydrogen-bond donors (Lipinski definition) is 1. The molecule has 1 amide bonds. The quantitative estimate of drug-likeness (QED) is 0.510. The number of anilines is 1. The van der Waals surface area contributed by atoms with Crippen molar-refractivity contribution in [3.8, 4) is 11.5 Å². The number of nitrogens with zero attached hydrogens (tertiary/aromatic N) is 3. The summed E-state index contributed by atoms with van der Waals surface area (Å²) in [4.78, 5) is 12.9. The number of carbonyl (C=O) groups is 1. The Balaban J connectivity index is 1.81. The SMILES string of the molecule is O=C(Nc1ccccc1Br)c1cnn(-c2ccccc2F)c1-n1cccc1. The van der Waals surface area contributed by atoms with Crippen LogP contribution in [0.3, 0.4) is 0 Å². The second-order valence-corrected chi connectivity index (χ2v) is 6.62. The lowest BCUT2D eigenvalue weighted by molar-refractivity contribution is 0.102. The zero-order valence-corrected chi connectivity index (χ0v) is 15.6. The maximum Gasteiger partial charge on any atom is 0.261 e. The molecule has 0 saturated heterocycles. The van der Waals surface area contributed by atoms with Crippen LogP contribution in [-0.4, -0.2) is 20.3 Å². The molecule has 0 spiro atoms. The topological polar surface area (TPSA) is 51.9 Å². The van der Waals surface area contributed by atoms with Crippen LogP contribution >= 0.6 is 15.9 Å². The van der Waals surface area contributed by atoms with Crippen molar-refractivity contribution < 1.29 is 9.18 Å². The van der Waals surface area contributed by atoms with Crippen LogP contribution in [0.25, 0.3) is 11.5 Å². The molecule has 0 saturated carbocycles. The van der Waals surface area contributed by atoms with E-state index in [0.717, 1.165) is 4.47 Å². The van der Waals surface area contributed by atoms with Gasteiger partial charge in [-0.3, -0.25) is 4.79 Å². The van der Waals surface area contributed by atoms with E-state index in [2.05, 4.69) is 26.3 Å². The van der Waals surface area contributed by atoms with Gasteiger partial charge < -0.3 is 9.88 Å². The Bertz CT molecular complexity index is 1100. The lowest BCUT2D eigenvalue weighted by Crippen LogP contribution is -2.15. The molecule has 4 rings (SSSR count). The van der Waals surface area contributed by atoms with Gasteiger partial charge in [-0.1, -0.05) is 24.3 Å². The summed E-state index contributed by atoms with van der Waals surface area (Å²) in [5.41, 5.74) is 1.23. The Morgan fingerprint density at radius 1 is 1.00 bits per heavy atom. The van der Waals surface area contributed by atoms with Crippen LogP contribution in [-0.2, 0) is 0 Å². The van der Waals surface area contributed by atoms with Crippen molar-refractivity contribution in [1.82, 2.24) is 14.3 Å². The Morgan fingerprint density at radius 3 is 2.44 bits per heavy atom. The molecule has 0 bridgehead atoms. The average Bonchev–Trinajstić information content (AvgIpc) is 3.33. The van der Waals surface area contributed by atoms with Crippen molar-refractivity contribution in [3.05, 3.63) is 95.1 Å². The van der Waals surface area contributed by atoms with Gasteiger partial charge in [0.2, 0.25) is 0 Å². The first-order valence-corrected chi connectivity index (χ1v) is 8.96. The highest BCUT2D eigenvalue weighted by Crippen LogP contribution is 2.25. The Hall–Kier alpha value is -3.19. The minimum Gasteiger partial charge on any atom is -0.321 e. The van der Waals surface area contributed by atoms with Crippen LogP contribution in [0.2, 0.25) is 0 Å². The van der Waals surface area contributed by atoms with E-state index in [9.17, 15) is 9.18 Å². The maximum absolute atomic E-state index is 14.3. The molecule has 134 valence electrons. The van der Waals surface area contributed by atoms with E-state index in [1.54, 1.807) is 41.2 Å². The number of nitrogens with one attached hydrogen (secondary N) is 1. The van der Waals surface area contributed by atoms with Crippen molar-refractivity contribution in [2.24, 2.45) is 0 Å². The molecule has 27 heavy (non-hydrogen) atoms. The van der Waals surface area contributed by atoms with Gasteiger partial charge in [0.05, 0.1) is 11.9 Å². The highest BCUT2D eigenvalue weighted by atomic mass is 79.9. The average molecular weight is 425 g/mol. The maximum atomic E-state index is 14.3. The Labute approximate surface area is 163 Å². The zero-order chi connectivity index (χ0) is 18.8. The molecule has 0 radical (unpaired) electrons. The third kappa shape index (κ3) is 3.29. The number of benzene rings is 2. The summed E-state index contributed by atoms with van der Waals surface area (Å²) >= 11 is 3.42. The van der Waals surface area contributed by atoms with Crippen molar-refractivity contribution in [1.29, 1.82) is 0 Å². The van der Waals surface area contributed by atoms with Gasteiger partial charge in [-0.15, -0.1) is 0 Å². The number of halogens is 2. The van der Waals surface area contributed by atoms with E-state index in [1.807, 2.05) is 30.3 Å². The highest BCUT2D eigenvalue weighted by molar-refractivity contribution is 9.10. The molecule has 0 atom stereocenters. The van der Waals surface area contributed by atoms with Crippen molar-refractivity contribution in [2.75, 3.05) is 5.32 Å². The normalized spacial score (nSPS) is 10.7. The fraction of sp³-hybridized carbons (Fsp3) is 0. The predicted molar refractivity (Wildman–Crippen MR) is 105 cm³/mol. The van der Waals surface area contributed by atoms with Gasteiger partial charge in [0.15, 0.2) is 5.82 Å². The first-order chi connectivity index (χ1) is 13.1. The molecule has 0 unspecified atom stereocenters. The third-order valence-corrected chi connectivity index (χ3v) is 4.73. The molecule has 0 aliphatic rings. The van der Waals surface area contributed by atoms with Gasteiger partial charge in [-0.25, -0.2) is 9.07 Å². The van der Waals surface area contributed by atoms with Crippen molar-refractivity contribution in [2.45, 2.75) is 0 Å². The number of rotatable bonds is 4. The van der Waals surface area contributed by atoms with Crippen molar-refractivity contribution >= 4 is 27.5 Å². The highest BCUT2D eigenvalue weighted by Gasteiger charge is 2.21. The van der Waals surface area contributed by atoms with Gasteiger partial charge in [0.1, 0.15) is 17.1 Å². The molecule has 0 fully saturated rings. The van der Waals surface area contributed by atoms with Gasteiger partial charge in [0, 0.05) is 16.9 Å². The fourth-order valence-corrected chi connectivity index (χ4v) is 3.16. The number of para-hydroxylation sites is 2. The summed E-state index contributed by atoms with van der Waals surface area (Å²) in [6.07, 6.45) is 5.00.